The van der Waals surface area contributed by atoms with Crippen LogP contribution in [0.3, 0.4) is 0 Å². The molecule has 43 heavy (non-hydrogen) atoms. The summed E-state index contributed by atoms with van der Waals surface area (Å²) in [5, 5.41) is 36.0. The van der Waals surface area contributed by atoms with Crippen molar-refractivity contribution in [2.45, 2.75) is 9.79 Å². The van der Waals surface area contributed by atoms with Crippen LogP contribution in [-0.2, 0) is 20.2 Å². The maximum Gasteiger partial charge on any atom is 0.294 e. The summed E-state index contributed by atoms with van der Waals surface area (Å²) in [6, 6.07) is 19.0. The first-order chi connectivity index (χ1) is 19.5. The molecule has 2 radical (unpaired) electrons. The molecule has 0 unspecified atom stereocenters. The Labute approximate surface area is 292 Å². The number of aliphatic hydroxyl groups is 2. The van der Waals surface area contributed by atoms with Gasteiger partial charge in [-0.1, -0.05) is 6.07 Å². The first-order valence-electron chi connectivity index (χ1n) is 12.0. The van der Waals surface area contributed by atoms with E-state index in [1.807, 2.05) is 4.90 Å². The van der Waals surface area contributed by atoms with E-state index in [0.717, 1.165) is 17.8 Å². The molecule has 17 heteroatoms. The van der Waals surface area contributed by atoms with Crippen LogP contribution >= 0.6 is 0 Å². The minimum atomic E-state index is -4.53. The summed E-state index contributed by atoms with van der Waals surface area (Å²) >= 11 is 0. The van der Waals surface area contributed by atoms with Crippen LogP contribution in [0, 0.1) is 0 Å². The fourth-order valence-electron chi connectivity index (χ4n) is 3.88. The molecule has 13 nitrogen and oxygen atoms in total. The van der Waals surface area contributed by atoms with Gasteiger partial charge in [-0.25, -0.2) is 0 Å². The summed E-state index contributed by atoms with van der Waals surface area (Å²) in [5.74, 6) is 0. The molecule has 0 spiro atoms. The molecule has 0 atom stereocenters. The van der Waals surface area contributed by atoms with Crippen molar-refractivity contribution in [3.05, 3.63) is 78.9 Å². The summed E-state index contributed by atoms with van der Waals surface area (Å²) in [5.41, 5.74) is 2.18. The number of hydrogen-bond donors (Lipinski definition) is 4. The normalized spacial score (nSPS) is 11.9. The summed E-state index contributed by atoms with van der Waals surface area (Å²) in [6.07, 6.45) is 0. The SMILES string of the molecule is O=S(=O)(O)c1ccc(N=Nc2ccc(N=Nc3ccc(N(CCO)CCO)cc3)c3ccc(S(=O)(=O)O)cc23)cc1.[Na].[Na]. The van der Waals surface area contributed by atoms with Crippen LogP contribution in [0.4, 0.5) is 28.4 Å². The smallest absolute Gasteiger partial charge is 0.294 e. The second-order valence-electron chi connectivity index (χ2n) is 8.61. The Morgan fingerprint density at radius 1 is 0.558 bits per heavy atom. The van der Waals surface area contributed by atoms with Crippen LogP contribution in [0.25, 0.3) is 10.8 Å². The third kappa shape index (κ3) is 9.94. The minimum Gasteiger partial charge on any atom is -0.395 e. The predicted octanol–water partition coefficient (Wildman–Crippen LogP) is 4.19. The number of anilines is 1. The van der Waals surface area contributed by atoms with Gasteiger partial charge in [0.25, 0.3) is 20.2 Å². The molecule has 0 saturated carbocycles. The number of fused-ring (bicyclic) bond motifs is 1. The van der Waals surface area contributed by atoms with Crippen molar-refractivity contribution in [2.24, 2.45) is 20.5 Å². The van der Waals surface area contributed by atoms with E-state index in [0.29, 0.717) is 35.2 Å². The Hall–Kier alpha value is -2.12. The van der Waals surface area contributed by atoms with Crippen LogP contribution in [-0.4, -0.2) is 122 Å². The first kappa shape index (κ1) is 37.1. The zero-order valence-corrected chi connectivity index (χ0v) is 28.9. The predicted molar refractivity (Wildman–Crippen MR) is 163 cm³/mol. The van der Waals surface area contributed by atoms with Crippen molar-refractivity contribution in [3.8, 4) is 0 Å². The monoisotopic (exact) mass is 645 g/mol. The van der Waals surface area contributed by atoms with Gasteiger partial charge >= 0.3 is 0 Å². The molecule has 0 aromatic heterocycles. The Balaban J connectivity index is 0.00000323. The third-order valence-electron chi connectivity index (χ3n) is 5.88. The number of benzene rings is 4. The summed E-state index contributed by atoms with van der Waals surface area (Å²) in [7, 11) is -8.90. The number of rotatable bonds is 11. The van der Waals surface area contributed by atoms with E-state index in [2.05, 4.69) is 20.5 Å². The van der Waals surface area contributed by atoms with Gasteiger partial charge in [0.2, 0.25) is 0 Å². The van der Waals surface area contributed by atoms with Gasteiger partial charge in [0, 0.05) is 88.7 Å². The topological polar surface area (TPSA) is 202 Å². The molecule has 4 aromatic rings. The second-order valence-corrected chi connectivity index (χ2v) is 11.4. The Morgan fingerprint density at radius 3 is 1.47 bits per heavy atom. The Bertz CT molecular complexity index is 1820. The standard InChI is InChI=1S/C26H25N5O8S2.2Na/c32-15-13-31(14-16-33)20-5-1-18(2-6-20)27-29-25-11-12-26(24-17-22(41(37,38)39)9-10-23(24)25)30-28-19-3-7-21(8-4-19)40(34,35)36;;/h1-12,17,32-33H,13-16H2,(H,34,35,36)(H,37,38,39);;. The van der Waals surface area contributed by atoms with E-state index in [-0.39, 0.29) is 93.5 Å². The van der Waals surface area contributed by atoms with E-state index in [1.54, 1.807) is 30.3 Å². The van der Waals surface area contributed by atoms with Crippen LogP contribution in [0.1, 0.15) is 0 Å². The zero-order valence-electron chi connectivity index (χ0n) is 23.3. The van der Waals surface area contributed by atoms with Crippen LogP contribution in [0.2, 0.25) is 0 Å². The molecule has 4 rings (SSSR count). The molecular weight excluding hydrogens is 620 g/mol. The van der Waals surface area contributed by atoms with E-state index in [1.165, 1.54) is 36.4 Å². The average molecular weight is 646 g/mol. The first-order valence-corrected chi connectivity index (χ1v) is 14.9. The summed E-state index contributed by atoms with van der Waals surface area (Å²) in [4.78, 5) is 1.15. The molecule has 0 saturated heterocycles. The van der Waals surface area contributed by atoms with Crippen molar-refractivity contribution in [3.63, 3.8) is 0 Å². The molecular formula is C26H25N5Na2O8S2. The maximum atomic E-state index is 11.8. The van der Waals surface area contributed by atoms with E-state index >= 15 is 0 Å². The summed E-state index contributed by atoms with van der Waals surface area (Å²) < 4.78 is 64.8. The van der Waals surface area contributed by atoms with Gasteiger partial charge in [-0.05, 0) is 72.8 Å². The van der Waals surface area contributed by atoms with Gasteiger partial charge in [-0.2, -0.15) is 27.1 Å². The number of aliphatic hydroxyl groups excluding tert-OH is 2. The fraction of sp³-hybridized carbons (Fsp3) is 0.154. The van der Waals surface area contributed by atoms with Gasteiger partial charge in [-0.15, -0.1) is 10.2 Å². The minimum absolute atomic E-state index is 0. The van der Waals surface area contributed by atoms with Gasteiger partial charge in [0.15, 0.2) is 0 Å². The van der Waals surface area contributed by atoms with Gasteiger partial charge in [0.1, 0.15) is 0 Å². The van der Waals surface area contributed by atoms with Gasteiger partial charge in [-0.3, -0.25) is 9.11 Å². The molecule has 4 aromatic carbocycles. The largest absolute Gasteiger partial charge is 0.395 e. The molecule has 0 amide bonds. The average Bonchev–Trinajstić information content (AvgIpc) is 2.94. The molecule has 0 fully saturated rings. The maximum absolute atomic E-state index is 11.8. The quantitative estimate of drug-likeness (QED) is 0.105. The van der Waals surface area contributed by atoms with E-state index in [4.69, 9.17) is 4.55 Å². The van der Waals surface area contributed by atoms with Crippen molar-refractivity contribution in [2.75, 3.05) is 31.2 Å². The number of hydrogen-bond acceptors (Lipinski definition) is 11. The van der Waals surface area contributed by atoms with Crippen LogP contribution in [0.15, 0.2) is 109 Å². The van der Waals surface area contributed by atoms with E-state index in [9.17, 15) is 31.6 Å². The molecule has 216 valence electrons. The van der Waals surface area contributed by atoms with Crippen LogP contribution in [0.5, 0.6) is 0 Å². The van der Waals surface area contributed by atoms with Gasteiger partial charge < -0.3 is 15.1 Å². The Kier molecular flexibility index (Phi) is 14.0. The molecule has 0 aliphatic heterocycles. The molecule has 0 bridgehead atoms. The summed E-state index contributed by atoms with van der Waals surface area (Å²) in [6.45, 7) is 0.588. The fourth-order valence-corrected chi connectivity index (χ4v) is 4.87. The van der Waals surface area contributed by atoms with Crippen molar-refractivity contribution >= 4 is 119 Å². The molecule has 0 heterocycles. The molecule has 0 aliphatic carbocycles. The van der Waals surface area contributed by atoms with Crippen molar-refractivity contribution in [1.29, 1.82) is 0 Å². The third-order valence-corrected chi connectivity index (χ3v) is 7.59. The number of nitrogens with zero attached hydrogens (tertiary/aromatic N) is 5. The number of azo groups is 2. The van der Waals surface area contributed by atoms with Crippen molar-refractivity contribution < 1.29 is 36.2 Å². The Morgan fingerprint density at radius 2 is 1.00 bits per heavy atom. The van der Waals surface area contributed by atoms with Gasteiger partial charge in [0.05, 0.1) is 45.8 Å². The van der Waals surface area contributed by atoms with Crippen LogP contribution < -0.4 is 4.90 Å². The second kappa shape index (κ2) is 16.3. The zero-order chi connectivity index (χ0) is 29.6. The van der Waals surface area contributed by atoms with E-state index < -0.39 is 20.2 Å². The molecule has 0 aliphatic rings. The van der Waals surface area contributed by atoms with Crippen molar-refractivity contribution in [1.82, 2.24) is 0 Å². The molecule has 4 N–H and O–H groups in total.